The quantitative estimate of drug-likeness (QED) is 0.593. The van der Waals surface area contributed by atoms with Crippen molar-refractivity contribution in [1.29, 1.82) is 0 Å². The second-order valence-electron chi connectivity index (χ2n) is 14.3. The Hall–Kier alpha value is -1.39. The minimum absolute atomic E-state index is 0.00318. The molecule has 34 heavy (non-hydrogen) atoms. The lowest BCUT2D eigenvalue weighted by atomic mass is 9.46. The number of hydrogen-bond donors (Lipinski definition) is 2. The van der Waals surface area contributed by atoms with Gasteiger partial charge >= 0.3 is 0 Å². The molecule has 4 bridgehead atoms. The Bertz CT molecular complexity index is 908. The van der Waals surface area contributed by atoms with Crippen molar-refractivity contribution >= 4 is 17.6 Å². The number of carbonyl (C=O) groups is 3. The fraction of sp³-hybridized carbons (Fsp3) is 0.897. The van der Waals surface area contributed by atoms with Gasteiger partial charge < -0.3 is 10.6 Å². The molecule has 1 aliphatic heterocycles. The molecular weight excluding hydrogens is 424 g/mol. The fourth-order valence-electron chi connectivity index (χ4n) is 11.6. The predicted molar refractivity (Wildman–Crippen MR) is 128 cm³/mol. The summed E-state index contributed by atoms with van der Waals surface area (Å²) in [5.74, 6) is 4.47. The van der Waals surface area contributed by atoms with Crippen LogP contribution in [-0.2, 0) is 14.4 Å². The summed E-state index contributed by atoms with van der Waals surface area (Å²) in [6.45, 7) is 4.55. The summed E-state index contributed by atoms with van der Waals surface area (Å²) < 4.78 is 0. The van der Waals surface area contributed by atoms with Crippen LogP contribution in [0.4, 0.5) is 0 Å². The van der Waals surface area contributed by atoms with Gasteiger partial charge in [0, 0.05) is 22.9 Å². The minimum Gasteiger partial charge on any atom is -0.352 e. The largest absolute Gasteiger partial charge is 0.352 e. The molecule has 7 atom stereocenters. The average Bonchev–Trinajstić information content (AvgIpc) is 3.11. The number of hydrogen-bond acceptors (Lipinski definition) is 3. The van der Waals surface area contributed by atoms with E-state index in [1.54, 1.807) is 0 Å². The molecule has 8 rings (SSSR count). The smallest absolute Gasteiger partial charge is 0.227 e. The summed E-state index contributed by atoms with van der Waals surface area (Å²) in [6, 6.07) is 0.00318. The van der Waals surface area contributed by atoms with Gasteiger partial charge in [-0.3, -0.25) is 14.4 Å². The van der Waals surface area contributed by atoms with Gasteiger partial charge in [-0.15, -0.1) is 0 Å². The van der Waals surface area contributed by atoms with Crippen LogP contribution in [0, 0.1) is 52.3 Å². The van der Waals surface area contributed by atoms with Crippen LogP contribution < -0.4 is 10.6 Å². The van der Waals surface area contributed by atoms with E-state index in [9.17, 15) is 14.4 Å². The normalized spacial score (nSPS) is 55.2. The fourth-order valence-corrected chi connectivity index (χ4v) is 11.6. The number of rotatable bonds is 2. The molecule has 2 unspecified atom stereocenters. The van der Waals surface area contributed by atoms with Gasteiger partial charge in [0.25, 0.3) is 0 Å². The summed E-state index contributed by atoms with van der Waals surface area (Å²) >= 11 is 0. The van der Waals surface area contributed by atoms with Crippen molar-refractivity contribution in [2.24, 2.45) is 52.3 Å². The summed E-state index contributed by atoms with van der Waals surface area (Å²) in [5.41, 5.74) is -0.273. The Morgan fingerprint density at radius 1 is 0.882 bits per heavy atom. The first-order valence-corrected chi connectivity index (χ1v) is 14.3. The highest BCUT2D eigenvalue weighted by atomic mass is 16.2. The first-order chi connectivity index (χ1) is 16.2. The Labute approximate surface area is 204 Å². The van der Waals surface area contributed by atoms with Crippen LogP contribution in [-0.4, -0.2) is 29.2 Å². The predicted octanol–water partition coefficient (Wildman–Crippen LogP) is 4.39. The summed E-state index contributed by atoms with van der Waals surface area (Å²) in [6.07, 6.45) is 14.1. The number of carbonyl (C=O) groups excluding carboxylic acids is 3. The van der Waals surface area contributed by atoms with Gasteiger partial charge in [0.05, 0.1) is 6.42 Å². The van der Waals surface area contributed by atoms with E-state index in [1.807, 2.05) is 0 Å². The zero-order valence-corrected chi connectivity index (χ0v) is 21.0. The molecule has 0 aromatic heterocycles. The van der Waals surface area contributed by atoms with Gasteiger partial charge in [0.15, 0.2) is 0 Å². The van der Waals surface area contributed by atoms with Crippen molar-refractivity contribution in [2.75, 3.05) is 0 Å². The van der Waals surface area contributed by atoms with E-state index in [0.29, 0.717) is 23.7 Å². The molecule has 186 valence electrons. The highest BCUT2D eigenvalue weighted by Gasteiger charge is 2.64. The SMILES string of the molecule is C[C@]12C(=O)CC(=O)NC1CC[C@@H]1[C@H]2CC[C@]2(C)C(C(=O)NC34CC5CC(CC(C5)C3)C4)CC[C@@H]12. The number of fused-ring (bicyclic) bond motifs is 5. The second-order valence-corrected chi connectivity index (χ2v) is 14.3. The Morgan fingerprint density at radius 3 is 2.24 bits per heavy atom. The molecule has 2 amide bonds. The lowest BCUT2D eigenvalue weighted by Gasteiger charge is -2.59. The van der Waals surface area contributed by atoms with Crippen LogP contribution in [0.3, 0.4) is 0 Å². The highest BCUT2D eigenvalue weighted by molar-refractivity contribution is 6.04. The maximum Gasteiger partial charge on any atom is 0.227 e. The van der Waals surface area contributed by atoms with Crippen molar-refractivity contribution in [3.8, 4) is 0 Å². The first-order valence-electron chi connectivity index (χ1n) is 14.3. The van der Waals surface area contributed by atoms with Crippen molar-refractivity contribution in [3.63, 3.8) is 0 Å². The van der Waals surface area contributed by atoms with Gasteiger partial charge in [-0.2, -0.15) is 0 Å². The monoisotopic (exact) mass is 466 g/mol. The third-order valence-corrected chi connectivity index (χ3v) is 12.7. The molecular formula is C29H42N2O3. The molecule has 0 radical (unpaired) electrons. The van der Waals surface area contributed by atoms with Crippen molar-refractivity contribution in [2.45, 2.75) is 109 Å². The van der Waals surface area contributed by atoms with Gasteiger partial charge in [-0.25, -0.2) is 0 Å². The minimum atomic E-state index is -0.419. The molecule has 0 aromatic carbocycles. The number of amides is 2. The molecule has 5 nitrogen and oxygen atoms in total. The third kappa shape index (κ3) is 2.88. The van der Waals surface area contributed by atoms with Crippen molar-refractivity contribution in [1.82, 2.24) is 10.6 Å². The van der Waals surface area contributed by atoms with E-state index in [2.05, 4.69) is 24.5 Å². The Kier molecular flexibility index (Phi) is 4.56. The lowest BCUT2D eigenvalue weighted by Crippen LogP contribution is -2.65. The summed E-state index contributed by atoms with van der Waals surface area (Å²) in [7, 11) is 0. The van der Waals surface area contributed by atoms with Gasteiger partial charge in [-0.1, -0.05) is 13.8 Å². The van der Waals surface area contributed by atoms with Crippen LogP contribution in [0.2, 0.25) is 0 Å². The van der Waals surface area contributed by atoms with Crippen LogP contribution in [0.25, 0.3) is 0 Å². The zero-order chi connectivity index (χ0) is 23.5. The van der Waals surface area contributed by atoms with E-state index in [4.69, 9.17) is 0 Å². The van der Waals surface area contributed by atoms with Crippen molar-refractivity contribution < 1.29 is 14.4 Å². The molecule has 1 saturated heterocycles. The number of piperidine rings is 1. The van der Waals surface area contributed by atoms with Gasteiger partial charge in [0.2, 0.25) is 11.8 Å². The molecule has 5 heteroatoms. The van der Waals surface area contributed by atoms with E-state index in [-0.39, 0.29) is 41.0 Å². The molecule has 0 aromatic rings. The molecule has 8 aliphatic rings. The van der Waals surface area contributed by atoms with E-state index in [0.717, 1.165) is 56.3 Å². The molecule has 7 saturated carbocycles. The van der Waals surface area contributed by atoms with E-state index < -0.39 is 5.41 Å². The van der Waals surface area contributed by atoms with Crippen LogP contribution in [0.5, 0.6) is 0 Å². The van der Waals surface area contributed by atoms with Gasteiger partial charge in [-0.05, 0) is 118 Å². The van der Waals surface area contributed by atoms with Crippen LogP contribution in [0.15, 0.2) is 0 Å². The molecule has 8 fully saturated rings. The van der Waals surface area contributed by atoms with Crippen LogP contribution >= 0.6 is 0 Å². The first kappa shape index (κ1) is 21.9. The maximum atomic E-state index is 13.9. The summed E-state index contributed by atoms with van der Waals surface area (Å²) in [5, 5.41) is 6.89. The molecule has 2 N–H and O–H groups in total. The highest BCUT2D eigenvalue weighted by Crippen LogP contribution is 2.65. The lowest BCUT2D eigenvalue weighted by molar-refractivity contribution is -0.158. The van der Waals surface area contributed by atoms with Crippen LogP contribution in [0.1, 0.15) is 97.3 Å². The van der Waals surface area contributed by atoms with E-state index in [1.165, 1.54) is 38.5 Å². The van der Waals surface area contributed by atoms with E-state index >= 15 is 0 Å². The number of nitrogens with one attached hydrogen (secondary N) is 2. The molecule has 1 heterocycles. The molecule has 7 aliphatic carbocycles. The molecule has 0 spiro atoms. The standard InChI is InChI=1S/C29H42N2O3/c1-27-8-7-21-19(3-6-23-28(21,2)24(32)12-25(33)30-23)20(27)4-5-22(27)26(34)31-29-13-16-9-17(14-29)11-18(10-16)15-29/h16-23H,3-15H2,1-2H3,(H,30,33)(H,31,34)/t16?,17?,18?,19-,20-,21+,22?,23?,27-,28+,29?/m0/s1. The average molecular weight is 467 g/mol. The van der Waals surface area contributed by atoms with Gasteiger partial charge in [0.1, 0.15) is 5.78 Å². The number of Topliss-reactive ketones (excluding diaryl/α,β-unsaturated/α-hetero) is 1. The Morgan fingerprint density at radius 2 is 1.56 bits per heavy atom. The van der Waals surface area contributed by atoms with Crippen molar-refractivity contribution in [3.05, 3.63) is 0 Å². The summed E-state index contributed by atoms with van der Waals surface area (Å²) in [4.78, 5) is 39.2. The topological polar surface area (TPSA) is 75.3 Å². The second kappa shape index (κ2) is 7.09. The number of ketones is 1. The maximum absolute atomic E-state index is 13.9. The Balaban J connectivity index is 1.11. The zero-order valence-electron chi connectivity index (χ0n) is 21.0. The third-order valence-electron chi connectivity index (χ3n) is 12.7.